The van der Waals surface area contributed by atoms with Crippen molar-refractivity contribution in [2.45, 2.75) is 13.3 Å². The minimum Gasteiger partial charge on any atom is -0.497 e. The van der Waals surface area contributed by atoms with Crippen LogP contribution in [0.15, 0.2) is 66.7 Å². The highest BCUT2D eigenvalue weighted by atomic mass is 32.1. The molecule has 1 fully saturated rings. The van der Waals surface area contributed by atoms with Gasteiger partial charge in [-0.05, 0) is 72.7 Å². The van der Waals surface area contributed by atoms with Crippen LogP contribution in [-0.4, -0.2) is 62.2 Å². The lowest BCUT2D eigenvalue weighted by molar-refractivity contribution is 0.0745. The molecule has 2 N–H and O–H groups in total. The molecule has 1 aliphatic rings. The monoisotopic (exact) mass is 532 g/mol. The van der Waals surface area contributed by atoms with Crippen molar-refractivity contribution in [3.8, 4) is 11.5 Å². The second kappa shape index (κ2) is 12.4. The largest absolute Gasteiger partial charge is 0.497 e. The Hall–Kier alpha value is -4.11. The summed E-state index contributed by atoms with van der Waals surface area (Å²) < 4.78 is 10.6. The predicted molar refractivity (Wildman–Crippen MR) is 154 cm³/mol. The molecule has 8 nitrogen and oxygen atoms in total. The van der Waals surface area contributed by atoms with Crippen LogP contribution in [0.3, 0.4) is 0 Å². The SMILES string of the molecule is CCc1ccc(C(=O)NC(=S)Nc2ccc(N3CCN(C(=O)c4cc(OC)cc(OC)c4)CC3)cc2)cc1. The van der Waals surface area contributed by atoms with Gasteiger partial charge in [0.25, 0.3) is 11.8 Å². The minimum atomic E-state index is -0.249. The zero-order valence-corrected chi connectivity index (χ0v) is 22.6. The molecule has 0 atom stereocenters. The van der Waals surface area contributed by atoms with Crippen LogP contribution in [-0.2, 0) is 6.42 Å². The maximum atomic E-state index is 13.1. The number of nitrogens with one attached hydrogen (secondary N) is 2. The van der Waals surface area contributed by atoms with Gasteiger partial charge in [0.1, 0.15) is 11.5 Å². The molecule has 1 heterocycles. The third-order valence-electron chi connectivity index (χ3n) is 6.51. The molecule has 0 radical (unpaired) electrons. The van der Waals surface area contributed by atoms with Crippen LogP contribution in [0.2, 0.25) is 0 Å². The summed E-state index contributed by atoms with van der Waals surface area (Å²) >= 11 is 5.32. The summed E-state index contributed by atoms with van der Waals surface area (Å²) in [6, 6.07) is 20.5. The number of aryl methyl sites for hydroxylation is 1. The van der Waals surface area contributed by atoms with Gasteiger partial charge in [-0.1, -0.05) is 19.1 Å². The first-order chi connectivity index (χ1) is 18.4. The number of carbonyl (C=O) groups excluding carboxylic acids is 2. The maximum Gasteiger partial charge on any atom is 0.257 e. The van der Waals surface area contributed by atoms with Gasteiger partial charge in [-0.15, -0.1) is 0 Å². The molecule has 0 bridgehead atoms. The Balaban J connectivity index is 1.29. The van der Waals surface area contributed by atoms with Crippen LogP contribution in [0.1, 0.15) is 33.2 Å². The lowest BCUT2D eigenvalue weighted by Gasteiger charge is -2.36. The normalized spacial score (nSPS) is 13.0. The van der Waals surface area contributed by atoms with Gasteiger partial charge in [0, 0.05) is 54.7 Å². The first kappa shape index (κ1) is 26.9. The zero-order chi connectivity index (χ0) is 27.1. The number of thiocarbonyl (C=S) groups is 1. The Morgan fingerprint density at radius 2 is 1.45 bits per heavy atom. The molecule has 2 amide bonds. The molecule has 1 aliphatic heterocycles. The van der Waals surface area contributed by atoms with Crippen molar-refractivity contribution in [2.24, 2.45) is 0 Å². The van der Waals surface area contributed by atoms with E-state index < -0.39 is 0 Å². The Kier molecular flexibility index (Phi) is 8.81. The molecule has 1 saturated heterocycles. The Morgan fingerprint density at radius 3 is 2.00 bits per heavy atom. The Morgan fingerprint density at radius 1 is 0.842 bits per heavy atom. The van der Waals surface area contributed by atoms with E-state index in [4.69, 9.17) is 21.7 Å². The number of methoxy groups -OCH3 is 2. The molecular formula is C29H32N4O4S. The van der Waals surface area contributed by atoms with Gasteiger partial charge in [0.15, 0.2) is 5.11 Å². The summed E-state index contributed by atoms with van der Waals surface area (Å²) in [7, 11) is 3.14. The minimum absolute atomic E-state index is 0.0433. The molecule has 4 rings (SSSR count). The fourth-order valence-electron chi connectivity index (χ4n) is 4.27. The number of amides is 2. The van der Waals surface area contributed by atoms with Crippen LogP contribution in [0.5, 0.6) is 11.5 Å². The molecule has 38 heavy (non-hydrogen) atoms. The first-order valence-corrected chi connectivity index (χ1v) is 12.9. The van der Waals surface area contributed by atoms with E-state index in [9.17, 15) is 9.59 Å². The molecule has 3 aromatic carbocycles. The molecule has 3 aromatic rings. The summed E-state index contributed by atoms with van der Waals surface area (Å²) in [5.74, 6) is 0.884. The van der Waals surface area contributed by atoms with Crippen LogP contribution in [0.4, 0.5) is 11.4 Å². The van der Waals surface area contributed by atoms with Crippen LogP contribution < -0.4 is 25.0 Å². The van der Waals surface area contributed by atoms with E-state index >= 15 is 0 Å². The van der Waals surface area contributed by atoms with Crippen molar-refractivity contribution >= 4 is 40.5 Å². The van der Waals surface area contributed by atoms with Gasteiger partial charge < -0.3 is 24.6 Å². The highest BCUT2D eigenvalue weighted by Gasteiger charge is 2.23. The van der Waals surface area contributed by atoms with Crippen molar-refractivity contribution in [2.75, 3.05) is 50.6 Å². The maximum absolute atomic E-state index is 13.1. The number of benzene rings is 3. The van der Waals surface area contributed by atoms with E-state index in [2.05, 4.69) is 22.5 Å². The Labute approximate surface area is 228 Å². The van der Waals surface area contributed by atoms with Crippen LogP contribution in [0, 0.1) is 0 Å². The third kappa shape index (κ3) is 6.60. The number of ether oxygens (including phenoxy) is 2. The van der Waals surface area contributed by atoms with Gasteiger partial charge in [-0.2, -0.15) is 0 Å². The summed E-state index contributed by atoms with van der Waals surface area (Å²) in [4.78, 5) is 29.6. The molecule has 0 spiro atoms. The van der Waals surface area contributed by atoms with Crippen molar-refractivity contribution in [1.29, 1.82) is 0 Å². The van der Waals surface area contributed by atoms with E-state index in [1.54, 1.807) is 44.6 Å². The number of anilines is 2. The van der Waals surface area contributed by atoms with Crippen LogP contribution >= 0.6 is 12.2 Å². The Bertz CT molecular complexity index is 1260. The average Bonchev–Trinajstić information content (AvgIpc) is 2.96. The van der Waals surface area contributed by atoms with Crippen molar-refractivity contribution in [1.82, 2.24) is 10.2 Å². The number of piperazine rings is 1. The van der Waals surface area contributed by atoms with Crippen molar-refractivity contribution in [3.63, 3.8) is 0 Å². The molecule has 9 heteroatoms. The summed E-state index contributed by atoms with van der Waals surface area (Å²) in [5, 5.41) is 6.02. The third-order valence-corrected chi connectivity index (χ3v) is 6.71. The molecule has 198 valence electrons. The van der Waals surface area contributed by atoms with Gasteiger partial charge >= 0.3 is 0 Å². The highest BCUT2D eigenvalue weighted by Crippen LogP contribution is 2.25. The number of hydrogen-bond acceptors (Lipinski definition) is 6. The van der Waals surface area contributed by atoms with Gasteiger partial charge in [-0.3, -0.25) is 14.9 Å². The van der Waals surface area contributed by atoms with E-state index in [-0.39, 0.29) is 16.9 Å². The first-order valence-electron chi connectivity index (χ1n) is 12.5. The van der Waals surface area contributed by atoms with Gasteiger partial charge in [-0.25, -0.2) is 0 Å². The summed E-state index contributed by atoms with van der Waals surface area (Å²) in [6.07, 6.45) is 0.921. The topological polar surface area (TPSA) is 83.1 Å². The molecule has 0 saturated carbocycles. The quantitative estimate of drug-likeness (QED) is 0.438. The van der Waals surface area contributed by atoms with Crippen molar-refractivity contribution in [3.05, 3.63) is 83.4 Å². The number of nitrogens with zero attached hydrogens (tertiary/aromatic N) is 2. The van der Waals surface area contributed by atoms with E-state index in [0.717, 1.165) is 17.8 Å². The number of carbonyl (C=O) groups is 2. The second-order valence-electron chi connectivity index (χ2n) is 8.89. The lowest BCUT2D eigenvalue weighted by Crippen LogP contribution is -2.48. The number of hydrogen-bond donors (Lipinski definition) is 2. The van der Waals surface area contributed by atoms with Gasteiger partial charge in [0.05, 0.1) is 14.2 Å². The second-order valence-corrected chi connectivity index (χ2v) is 9.29. The van der Waals surface area contributed by atoms with Crippen molar-refractivity contribution < 1.29 is 19.1 Å². The molecular weight excluding hydrogens is 500 g/mol. The summed E-state index contributed by atoms with van der Waals surface area (Å²) in [6.45, 7) is 4.71. The average molecular weight is 533 g/mol. The summed E-state index contributed by atoms with van der Waals surface area (Å²) in [5.41, 5.74) is 4.11. The molecule has 0 aliphatic carbocycles. The fraction of sp³-hybridized carbons (Fsp3) is 0.276. The lowest BCUT2D eigenvalue weighted by atomic mass is 10.1. The van der Waals surface area contributed by atoms with Crippen LogP contribution in [0.25, 0.3) is 0 Å². The molecule has 0 aromatic heterocycles. The van der Waals surface area contributed by atoms with E-state index in [1.165, 1.54) is 5.56 Å². The highest BCUT2D eigenvalue weighted by molar-refractivity contribution is 7.80. The van der Waals surface area contributed by atoms with Gasteiger partial charge in [0.2, 0.25) is 0 Å². The molecule has 0 unspecified atom stereocenters. The van der Waals surface area contributed by atoms with E-state index in [1.807, 2.05) is 41.3 Å². The smallest absolute Gasteiger partial charge is 0.257 e. The standard InChI is InChI=1S/C29H32N4O4S/c1-4-20-5-7-21(8-6-20)27(34)31-29(38)30-23-9-11-24(12-10-23)32-13-15-33(16-14-32)28(35)22-17-25(36-2)19-26(18-22)37-3/h5-12,17-19H,4,13-16H2,1-3H3,(H2,30,31,34,38). The zero-order valence-electron chi connectivity index (χ0n) is 21.8. The van der Waals surface area contributed by atoms with E-state index in [0.29, 0.717) is 48.8 Å². The fourth-order valence-corrected chi connectivity index (χ4v) is 4.48. The predicted octanol–water partition coefficient (Wildman–Crippen LogP) is 4.36. The number of rotatable bonds is 7.